The summed E-state index contributed by atoms with van der Waals surface area (Å²) in [4.78, 5) is 21.4. The van der Waals surface area contributed by atoms with E-state index in [2.05, 4.69) is 25.2 Å². The number of ether oxygens (including phenoxy) is 1. The van der Waals surface area contributed by atoms with E-state index in [0.29, 0.717) is 12.3 Å². The highest BCUT2D eigenvalue weighted by atomic mass is 16.7. The van der Waals surface area contributed by atoms with Crippen molar-refractivity contribution in [2.45, 2.75) is 25.9 Å². The summed E-state index contributed by atoms with van der Waals surface area (Å²) in [5.41, 5.74) is -0.719. The largest absolute Gasteiger partial charge is 0.480 e. The van der Waals surface area contributed by atoms with Crippen molar-refractivity contribution in [3.8, 4) is 0 Å². The molecule has 0 aromatic heterocycles. The van der Waals surface area contributed by atoms with Crippen LogP contribution in [0.15, 0.2) is 10.3 Å². The quantitative estimate of drug-likeness (QED) is 0.428. The Balaban J connectivity index is 2.70. The summed E-state index contributed by atoms with van der Waals surface area (Å²) in [6.07, 6.45) is 0.458. The number of amidine groups is 1. The number of carbonyl (C=O) groups is 1. The monoisotopic (exact) mass is 256 g/mol. The minimum Gasteiger partial charge on any atom is -0.480 e. The van der Waals surface area contributed by atoms with Crippen molar-refractivity contribution in [2.75, 3.05) is 14.2 Å². The second kappa shape index (κ2) is 5.48. The number of methoxy groups -OCH3 is 1. The zero-order valence-electron chi connectivity index (χ0n) is 10.7. The highest BCUT2D eigenvalue weighted by molar-refractivity contribution is 6.65. The standard InChI is InChI=1S/C10H16N4O4/c1-10(2)5-6(13-18-10)12-9(15)7(14-17-4)8(11)16-3/h11H,5H2,1-4H3,(H,12,13,15)/b11-8?,14-7+. The van der Waals surface area contributed by atoms with Crippen LogP contribution in [0.3, 0.4) is 0 Å². The van der Waals surface area contributed by atoms with Gasteiger partial charge in [-0.05, 0) is 13.8 Å². The molecule has 0 aromatic carbocycles. The molecule has 1 aliphatic heterocycles. The van der Waals surface area contributed by atoms with Crippen LogP contribution in [-0.4, -0.2) is 43.2 Å². The van der Waals surface area contributed by atoms with Gasteiger partial charge in [-0.2, -0.15) is 0 Å². The van der Waals surface area contributed by atoms with Gasteiger partial charge in [0.2, 0.25) is 11.6 Å². The lowest BCUT2D eigenvalue weighted by atomic mass is 10.1. The Labute approximate surface area is 104 Å². The number of rotatable bonds is 3. The third-order valence-electron chi connectivity index (χ3n) is 2.07. The Bertz CT molecular complexity index is 414. The average Bonchev–Trinajstić information content (AvgIpc) is 2.64. The van der Waals surface area contributed by atoms with Crippen molar-refractivity contribution in [2.24, 2.45) is 10.3 Å². The fourth-order valence-corrected chi connectivity index (χ4v) is 1.28. The van der Waals surface area contributed by atoms with Gasteiger partial charge in [-0.25, -0.2) is 0 Å². The molecule has 0 aromatic rings. The van der Waals surface area contributed by atoms with Gasteiger partial charge in [-0.15, -0.1) is 0 Å². The van der Waals surface area contributed by atoms with Gasteiger partial charge in [-0.3, -0.25) is 10.2 Å². The minimum atomic E-state index is -0.635. The Morgan fingerprint density at radius 2 is 2.22 bits per heavy atom. The Kier molecular flexibility index (Phi) is 4.24. The first kappa shape index (κ1) is 13.9. The van der Waals surface area contributed by atoms with Crippen LogP contribution in [0.5, 0.6) is 0 Å². The molecule has 0 saturated heterocycles. The van der Waals surface area contributed by atoms with Crippen molar-refractivity contribution >= 4 is 23.4 Å². The highest BCUT2D eigenvalue weighted by Gasteiger charge is 2.31. The molecule has 0 fully saturated rings. The normalized spacial score (nSPS) is 17.6. The smallest absolute Gasteiger partial charge is 0.284 e. The molecule has 8 nitrogen and oxygen atoms in total. The van der Waals surface area contributed by atoms with E-state index in [1.165, 1.54) is 14.2 Å². The molecule has 18 heavy (non-hydrogen) atoms. The number of carbonyl (C=O) groups excluding carboxylic acids is 1. The molecule has 0 bridgehead atoms. The summed E-state index contributed by atoms with van der Waals surface area (Å²) in [6, 6.07) is 0. The van der Waals surface area contributed by atoms with E-state index in [9.17, 15) is 4.79 Å². The fourth-order valence-electron chi connectivity index (χ4n) is 1.28. The fraction of sp³-hybridized carbons (Fsp3) is 0.600. The lowest BCUT2D eigenvalue weighted by Crippen LogP contribution is -2.40. The maximum absolute atomic E-state index is 11.8. The van der Waals surface area contributed by atoms with Crippen LogP contribution in [-0.2, 0) is 19.2 Å². The molecule has 0 unspecified atom stereocenters. The second-order valence-corrected chi connectivity index (χ2v) is 4.18. The van der Waals surface area contributed by atoms with E-state index < -0.39 is 17.4 Å². The van der Waals surface area contributed by atoms with E-state index in [1.54, 1.807) is 0 Å². The molecule has 8 heteroatoms. The zero-order valence-corrected chi connectivity index (χ0v) is 10.7. The molecule has 1 heterocycles. The van der Waals surface area contributed by atoms with E-state index in [-0.39, 0.29) is 5.71 Å². The number of amides is 1. The van der Waals surface area contributed by atoms with Crippen molar-refractivity contribution in [3.05, 3.63) is 0 Å². The topological polar surface area (TPSA) is 105 Å². The number of oxime groups is 2. The molecule has 1 amide bonds. The molecule has 100 valence electrons. The van der Waals surface area contributed by atoms with E-state index in [4.69, 9.17) is 10.2 Å². The van der Waals surface area contributed by atoms with E-state index in [0.717, 1.165) is 0 Å². The van der Waals surface area contributed by atoms with Gasteiger partial charge in [0.1, 0.15) is 12.7 Å². The molecule has 1 aliphatic rings. The Morgan fingerprint density at radius 1 is 1.56 bits per heavy atom. The molecule has 2 N–H and O–H groups in total. The Hall–Kier alpha value is -2.12. The van der Waals surface area contributed by atoms with Gasteiger partial charge >= 0.3 is 0 Å². The van der Waals surface area contributed by atoms with E-state index in [1.807, 2.05) is 13.8 Å². The summed E-state index contributed by atoms with van der Waals surface area (Å²) in [5, 5.41) is 17.1. The van der Waals surface area contributed by atoms with Crippen molar-refractivity contribution in [1.82, 2.24) is 5.32 Å². The maximum atomic E-state index is 11.8. The molecular formula is C10H16N4O4. The predicted octanol–water partition coefficient (Wildman–Crippen LogP) is 0.241. The third-order valence-corrected chi connectivity index (χ3v) is 2.07. The molecular weight excluding hydrogens is 240 g/mol. The summed E-state index contributed by atoms with van der Waals surface area (Å²) >= 11 is 0. The van der Waals surface area contributed by atoms with Crippen molar-refractivity contribution in [1.29, 1.82) is 5.41 Å². The first-order valence-corrected chi connectivity index (χ1v) is 5.20. The maximum Gasteiger partial charge on any atom is 0.284 e. The second-order valence-electron chi connectivity index (χ2n) is 4.18. The summed E-state index contributed by atoms with van der Waals surface area (Å²) in [7, 11) is 2.54. The lowest BCUT2D eigenvalue weighted by molar-refractivity contribution is -0.113. The molecule has 0 aliphatic carbocycles. The number of nitrogens with zero attached hydrogens (tertiary/aromatic N) is 2. The lowest BCUT2D eigenvalue weighted by Gasteiger charge is -2.13. The van der Waals surface area contributed by atoms with E-state index >= 15 is 0 Å². The SMILES string of the molecule is CO/N=C(\C(=N)OC)C(=O)NC1=NOC(C)(C)C1. The Morgan fingerprint density at radius 3 is 2.67 bits per heavy atom. The number of hydrogen-bond acceptors (Lipinski definition) is 7. The van der Waals surface area contributed by atoms with Crippen LogP contribution in [0.2, 0.25) is 0 Å². The van der Waals surface area contributed by atoms with Crippen LogP contribution >= 0.6 is 0 Å². The summed E-state index contributed by atoms with van der Waals surface area (Å²) in [6.45, 7) is 3.69. The third kappa shape index (κ3) is 3.44. The van der Waals surface area contributed by atoms with Crippen LogP contribution in [0, 0.1) is 5.41 Å². The highest BCUT2D eigenvalue weighted by Crippen LogP contribution is 2.20. The van der Waals surface area contributed by atoms with Crippen LogP contribution in [0.25, 0.3) is 0 Å². The van der Waals surface area contributed by atoms with Crippen LogP contribution < -0.4 is 5.32 Å². The van der Waals surface area contributed by atoms with Gasteiger partial charge in [0.05, 0.1) is 13.5 Å². The van der Waals surface area contributed by atoms with Crippen molar-refractivity contribution < 1.29 is 19.2 Å². The first-order chi connectivity index (χ1) is 8.39. The molecule has 1 rings (SSSR count). The van der Waals surface area contributed by atoms with Crippen LogP contribution in [0.4, 0.5) is 0 Å². The molecule has 0 spiro atoms. The number of nitrogens with one attached hydrogen (secondary N) is 2. The van der Waals surface area contributed by atoms with Gasteiger partial charge in [-0.1, -0.05) is 10.3 Å². The summed E-state index contributed by atoms with van der Waals surface area (Å²) < 4.78 is 4.63. The first-order valence-electron chi connectivity index (χ1n) is 5.20. The minimum absolute atomic E-state index is 0.271. The van der Waals surface area contributed by atoms with Crippen molar-refractivity contribution in [3.63, 3.8) is 0 Å². The van der Waals surface area contributed by atoms with Gasteiger partial charge in [0, 0.05) is 0 Å². The van der Waals surface area contributed by atoms with Gasteiger partial charge < -0.3 is 19.7 Å². The summed E-state index contributed by atoms with van der Waals surface area (Å²) in [5.74, 6) is -0.658. The van der Waals surface area contributed by atoms with Crippen LogP contribution in [0.1, 0.15) is 20.3 Å². The number of hydrogen-bond donors (Lipinski definition) is 2. The zero-order chi connectivity index (χ0) is 13.8. The molecule has 0 saturated carbocycles. The van der Waals surface area contributed by atoms with Gasteiger partial charge in [0.25, 0.3) is 5.91 Å². The van der Waals surface area contributed by atoms with Gasteiger partial charge in [0.15, 0.2) is 5.84 Å². The molecule has 0 atom stereocenters. The average molecular weight is 256 g/mol. The molecule has 0 radical (unpaired) electrons. The predicted molar refractivity (Wildman–Crippen MR) is 64.5 cm³/mol.